The normalized spacial score (nSPS) is 14.3. The van der Waals surface area contributed by atoms with E-state index < -0.39 is 4.92 Å². The molecule has 1 fully saturated rings. The highest BCUT2D eigenvalue weighted by atomic mass is 16.6. The van der Waals surface area contributed by atoms with Crippen LogP contribution in [0.5, 0.6) is 0 Å². The molecule has 28 heavy (non-hydrogen) atoms. The van der Waals surface area contributed by atoms with Gasteiger partial charge in [-0.05, 0) is 19.8 Å². The predicted molar refractivity (Wildman–Crippen MR) is 101 cm³/mol. The van der Waals surface area contributed by atoms with Gasteiger partial charge in [-0.15, -0.1) is 0 Å². The maximum atomic E-state index is 11.8. The van der Waals surface area contributed by atoms with Crippen LogP contribution in [-0.2, 0) is 9.53 Å². The largest absolute Gasteiger partial charge is 0.450 e. The first kappa shape index (κ1) is 21.1. The number of anilines is 2. The van der Waals surface area contributed by atoms with Gasteiger partial charge in [0.25, 0.3) is 0 Å². The zero-order valence-corrected chi connectivity index (χ0v) is 16.2. The van der Waals surface area contributed by atoms with E-state index in [1.54, 1.807) is 25.9 Å². The standard InChI is InChI=1S/C16H25N7O5/c1-4-28-16(25)22-7-5-11(6-8-22)20-15-13(23(26)27)14(18-10-19-15)17-9-12(24)21(2)3/h10-11H,4-9H2,1-3H3,(H2,17,18,19,20). The van der Waals surface area contributed by atoms with Crippen molar-refractivity contribution in [2.45, 2.75) is 25.8 Å². The molecule has 2 heterocycles. The molecular weight excluding hydrogens is 370 g/mol. The number of hydrogen-bond acceptors (Lipinski definition) is 9. The Kier molecular flexibility index (Phi) is 7.29. The number of hydrogen-bond donors (Lipinski definition) is 2. The molecule has 2 rings (SSSR count). The number of nitro groups is 1. The summed E-state index contributed by atoms with van der Waals surface area (Å²) in [6, 6.07) is -0.0875. The molecule has 0 aliphatic carbocycles. The van der Waals surface area contributed by atoms with E-state index in [0.717, 1.165) is 0 Å². The van der Waals surface area contributed by atoms with Gasteiger partial charge in [-0.1, -0.05) is 0 Å². The molecule has 12 nitrogen and oxygen atoms in total. The molecule has 0 atom stereocenters. The third kappa shape index (κ3) is 5.41. The molecule has 1 aliphatic rings. The highest BCUT2D eigenvalue weighted by molar-refractivity contribution is 5.81. The van der Waals surface area contributed by atoms with Crippen LogP contribution in [-0.4, -0.2) is 83.1 Å². The van der Waals surface area contributed by atoms with E-state index >= 15 is 0 Å². The summed E-state index contributed by atoms with van der Waals surface area (Å²) in [7, 11) is 3.18. The van der Waals surface area contributed by atoms with Crippen LogP contribution in [0.15, 0.2) is 6.33 Å². The molecule has 0 radical (unpaired) electrons. The van der Waals surface area contributed by atoms with Gasteiger partial charge in [-0.3, -0.25) is 14.9 Å². The van der Waals surface area contributed by atoms with Crippen molar-refractivity contribution >= 4 is 29.3 Å². The number of rotatable bonds is 7. The first-order chi connectivity index (χ1) is 13.3. The highest BCUT2D eigenvalue weighted by Crippen LogP contribution is 2.30. The number of likely N-dealkylation sites (tertiary alicyclic amines) is 1. The summed E-state index contributed by atoms with van der Waals surface area (Å²) in [5, 5.41) is 17.3. The van der Waals surface area contributed by atoms with E-state index in [4.69, 9.17) is 4.74 Å². The van der Waals surface area contributed by atoms with Gasteiger partial charge in [-0.25, -0.2) is 14.8 Å². The lowest BCUT2D eigenvalue weighted by molar-refractivity contribution is -0.383. The van der Waals surface area contributed by atoms with Crippen LogP contribution in [0, 0.1) is 10.1 Å². The number of likely N-dealkylation sites (N-methyl/N-ethyl adjacent to an activating group) is 1. The van der Waals surface area contributed by atoms with Crippen LogP contribution in [0.1, 0.15) is 19.8 Å². The van der Waals surface area contributed by atoms with Crippen molar-refractivity contribution in [1.29, 1.82) is 0 Å². The number of carbonyl (C=O) groups excluding carboxylic acids is 2. The third-order valence-corrected chi connectivity index (χ3v) is 4.27. The molecule has 154 valence electrons. The molecule has 1 aromatic heterocycles. The lowest BCUT2D eigenvalue weighted by atomic mass is 10.1. The van der Waals surface area contributed by atoms with E-state index in [2.05, 4.69) is 20.6 Å². The van der Waals surface area contributed by atoms with Gasteiger partial charge in [0.1, 0.15) is 6.33 Å². The van der Waals surface area contributed by atoms with Gasteiger partial charge < -0.3 is 25.2 Å². The second kappa shape index (κ2) is 9.67. The number of piperidine rings is 1. The van der Waals surface area contributed by atoms with Crippen molar-refractivity contribution in [3.8, 4) is 0 Å². The van der Waals surface area contributed by atoms with Crippen molar-refractivity contribution in [3.05, 3.63) is 16.4 Å². The van der Waals surface area contributed by atoms with Crippen molar-refractivity contribution in [2.75, 3.05) is 51.0 Å². The highest BCUT2D eigenvalue weighted by Gasteiger charge is 2.28. The van der Waals surface area contributed by atoms with Crippen molar-refractivity contribution in [1.82, 2.24) is 19.8 Å². The lowest BCUT2D eigenvalue weighted by Gasteiger charge is -2.31. The SMILES string of the molecule is CCOC(=O)N1CCC(Nc2ncnc(NCC(=O)N(C)C)c2[N+](=O)[O-])CC1. The minimum absolute atomic E-state index is 0.0262. The maximum Gasteiger partial charge on any atom is 0.409 e. The van der Waals surface area contributed by atoms with Crippen LogP contribution < -0.4 is 10.6 Å². The van der Waals surface area contributed by atoms with E-state index in [0.29, 0.717) is 32.5 Å². The van der Waals surface area contributed by atoms with Crippen molar-refractivity contribution < 1.29 is 19.2 Å². The zero-order chi connectivity index (χ0) is 20.7. The monoisotopic (exact) mass is 395 g/mol. The summed E-state index contributed by atoms with van der Waals surface area (Å²) in [5.74, 6) is -0.190. The summed E-state index contributed by atoms with van der Waals surface area (Å²) < 4.78 is 4.98. The molecule has 0 bridgehead atoms. The molecule has 1 saturated heterocycles. The molecule has 0 unspecified atom stereocenters. The number of aromatic nitrogens is 2. The number of nitrogens with zero attached hydrogens (tertiary/aromatic N) is 5. The van der Waals surface area contributed by atoms with Gasteiger partial charge in [0.05, 0.1) is 18.1 Å². The minimum Gasteiger partial charge on any atom is -0.450 e. The van der Waals surface area contributed by atoms with Crippen LogP contribution in [0.4, 0.5) is 22.1 Å². The summed E-state index contributed by atoms with van der Waals surface area (Å²) in [6.45, 7) is 2.91. The van der Waals surface area contributed by atoms with E-state index in [1.165, 1.54) is 11.2 Å². The second-order valence-electron chi connectivity index (χ2n) is 6.42. The Morgan fingerprint density at radius 2 is 1.96 bits per heavy atom. The molecule has 1 aromatic rings. The Hall–Kier alpha value is -3.18. The Balaban J connectivity index is 2.05. The molecule has 12 heteroatoms. The second-order valence-corrected chi connectivity index (χ2v) is 6.42. The Morgan fingerprint density at radius 1 is 1.32 bits per heavy atom. The fraction of sp³-hybridized carbons (Fsp3) is 0.625. The maximum absolute atomic E-state index is 11.8. The van der Waals surface area contributed by atoms with Gasteiger partial charge in [0.15, 0.2) is 0 Å². The smallest absolute Gasteiger partial charge is 0.409 e. The number of nitrogens with one attached hydrogen (secondary N) is 2. The topological polar surface area (TPSA) is 143 Å². The van der Waals surface area contributed by atoms with Crippen LogP contribution in [0.2, 0.25) is 0 Å². The van der Waals surface area contributed by atoms with Crippen molar-refractivity contribution in [3.63, 3.8) is 0 Å². The molecule has 2 amide bonds. The van der Waals surface area contributed by atoms with E-state index in [9.17, 15) is 19.7 Å². The van der Waals surface area contributed by atoms with Crippen LogP contribution in [0.25, 0.3) is 0 Å². The van der Waals surface area contributed by atoms with Crippen molar-refractivity contribution in [2.24, 2.45) is 0 Å². The number of amides is 2. The van der Waals surface area contributed by atoms with E-state index in [1.807, 2.05) is 0 Å². The summed E-state index contributed by atoms with van der Waals surface area (Å²) in [4.78, 5) is 45.3. The van der Waals surface area contributed by atoms with E-state index in [-0.39, 0.29) is 41.9 Å². The van der Waals surface area contributed by atoms with Gasteiger partial charge in [0, 0.05) is 33.2 Å². The molecule has 0 saturated carbocycles. The summed E-state index contributed by atoms with van der Waals surface area (Å²) in [5.41, 5.74) is -0.318. The van der Waals surface area contributed by atoms with Crippen LogP contribution in [0.3, 0.4) is 0 Å². The number of carbonyl (C=O) groups is 2. The predicted octanol–water partition coefficient (Wildman–Crippen LogP) is 0.918. The third-order valence-electron chi connectivity index (χ3n) is 4.27. The Labute approximate surface area is 162 Å². The first-order valence-corrected chi connectivity index (χ1v) is 8.95. The molecule has 2 N–H and O–H groups in total. The first-order valence-electron chi connectivity index (χ1n) is 8.95. The molecular formula is C16H25N7O5. The minimum atomic E-state index is -0.585. The van der Waals surface area contributed by atoms with Crippen LogP contribution >= 0.6 is 0 Å². The Morgan fingerprint density at radius 3 is 2.54 bits per heavy atom. The average Bonchev–Trinajstić information content (AvgIpc) is 2.66. The van der Waals surface area contributed by atoms with Gasteiger partial charge >= 0.3 is 11.8 Å². The molecule has 0 aromatic carbocycles. The molecule has 1 aliphatic heterocycles. The lowest BCUT2D eigenvalue weighted by Crippen LogP contribution is -2.42. The average molecular weight is 395 g/mol. The fourth-order valence-electron chi connectivity index (χ4n) is 2.72. The number of ether oxygens (including phenoxy) is 1. The Bertz CT molecular complexity index is 719. The zero-order valence-electron chi connectivity index (χ0n) is 16.2. The quantitative estimate of drug-likeness (QED) is 0.509. The summed E-state index contributed by atoms with van der Waals surface area (Å²) in [6.07, 6.45) is 2.04. The fourth-order valence-corrected chi connectivity index (χ4v) is 2.72. The van der Waals surface area contributed by atoms with Gasteiger partial charge in [-0.2, -0.15) is 0 Å². The molecule has 0 spiro atoms. The summed E-state index contributed by atoms with van der Waals surface area (Å²) >= 11 is 0. The van der Waals surface area contributed by atoms with Gasteiger partial charge in [0.2, 0.25) is 17.5 Å².